The van der Waals surface area contributed by atoms with Crippen LogP contribution >= 0.6 is 0 Å². The largest absolute Gasteiger partial charge is 0.480 e. The normalized spacial score (nSPS) is 27.4. The maximum Gasteiger partial charge on any atom is 0.320 e. The number of likely N-dealkylation sites (tertiary alicyclic amines) is 2. The fourth-order valence-electron chi connectivity index (χ4n) is 3.04. The van der Waals surface area contributed by atoms with Crippen molar-refractivity contribution >= 4 is 5.97 Å². The molecule has 2 aliphatic heterocycles. The second-order valence-electron chi connectivity index (χ2n) is 5.29. The lowest BCUT2D eigenvalue weighted by molar-refractivity contribution is -0.144. The molecule has 0 aromatic heterocycles. The molecule has 0 aliphatic carbocycles. The van der Waals surface area contributed by atoms with Gasteiger partial charge in [-0.3, -0.25) is 9.69 Å². The predicted octanol–water partition coefficient (Wildman–Crippen LogP) is 1.41. The summed E-state index contributed by atoms with van der Waals surface area (Å²) in [6.45, 7) is 5.54. The third-order valence-electron chi connectivity index (χ3n) is 4.02. The highest BCUT2D eigenvalue weighted by Crippen LogP contribution is 2.17. The first-order chi connectivity index (χ1) is 8.27. The van der Waals surface area contributed by atoms with E-state index in [0.29, 0.717) is 0 Å². The molecule has 0 bridgehead atoms. The number of hydrogen-bond acceptors (Lipinski definition) is 3. The van der Waals surface area contributed by atoms with Crippen LogP contribution in [-0.2, 0) is 4.79 Å². The molecule has 1 atom stereocenters. The van der Waals surface area contributed by atoms with E-state index in [-0.39, 0.29) is 6.04 Å². The fraction of sp³-hybridized carbons (Fsp3) is 0.923. The molecule has 2 fully saturated rings. The van der Waals surface area contributed by atoms with Crippen molar-refractivity contribution in [3.63, 3.8) is 0 Å². The summed E-state index contributed by atoms with van der Waals surface area (Å²) >= 11 is 0. The van der Waals surface area contributed by atoms with Gasteiger partial charge in [0.2, 0.25) is 0 Å². The van der Waals surface area contributed by atoms with Gasteiger partial charge in [0.1, 0.15) is 6.04 Å². The second kappa shape index (κ2) is 6.36. The van der Waals surface area contributed by atoms with Crippen LogP contribution in [-0.4, -0.2) is 59.6 Å². The summed E-state index contributed by atoms with van der Waals surface area (Å²) in [5.74, 6) is -0.633. The smallest absolute Gasteiger partial charge is 0.320 e. The Hall–Kier alpha value is -0.610. The SMILES string of the molecule is O=C(O)C1CCCCN1CCCN1CCCC1. The van der Waals surface area contributed by atoms with Gasteiger partial charge in [-0.2, -0.15) is 0 Å². The van der Waals surface area contributed by atoms with E-state index in [1.165, 1.54) is 25.9 Å². The van der Waals surface area contributed by atoms with Crippen LogP contribution in [0.2, 0.25) is 0 Å². The molecule has 2 rings (SSSR count). The monoisotopic (exact) mass is 240 g/mol. The van der Waals surface area contributed by atoms with Crippen LogP contribution in [0.4, 0.5) is 0 Å². The Morgan fingerprint density at radius 3 is 2.47 bits per heavy atom. The number of aliphatic carboxylic acids is 1. The van der Waals surface area contributed by atoms with Gasteiger partial charge in [-0.15, -0.1) is 0 Å². The summed E-state index contributed by atoms with van der Waals surface area (Å²) in [6, 6.07) is -0.220. The van der Waals surface area contributed by atoms with Gasteiger partial charge < -0.3 is 10.0 Å². The van der Waals surface area contributed by atoms with Crippen molar-refractivity contribution in [3.05, 3.63) is 0 Å². The van der Waals surface area contributed by atoms with Crippen LogP contribution in [0.15, 0.2) is 0 Å². The van der Waals surface area contributed by atoms with Gasteiger partial charge in [0.15, 0.2) is 0 Å². The Morgan fingerprint density at radius 2 is 1.76 bits per heavy atom. The predicted molar refractivity (Wildman–Crippen MR) is 67.1 cm³/mol. The van der Waals surface area contributed by atoms with Crippen LogP contribution in [0, 0.1) is 0 Å². The van der Waals surface area contributed by atoms with Gasteiger partial charge in [-0.25, -0.2) is 0 Å². The number of carbonyl (C=O) groups is 1. The van der Waals surface area contributed by atoms with E-state index in [2.05, 4.69) is 9.80 Å². The van der Waals surface area contributed by atoms with Crippen LogP contribution < -0.4 is 0 Å². The van der Waals surface area contributed by atoms with Crippen LogP contribution in [0.5, 0.6) is 0 Å². The average molecular weight is 240 g/mol. The maximum atomic E-state index is 11.1. The second-order valence-corrected chi connectivity index (χ2v) is 5.29. The molecule has 0 aromatic carbocycles. The van der Waals surface area contributed by atoms with Crippen LogP contribution in [0.1, 0.15) is 38.5 Å². The van der Waals surface area contributed by atoms with Crippen molar-refractivity contribution in [2.24, 2.45) is 0 Å². The summed E-state index contributed by atoms with van der Waals surface area (Å²) in [4.78, 5) is 15.8. The summed E-state index contributed by atoms with van der Waals surface area (Å²) < 4.78 is 0. The average Bonchev–Trinajstić information content (AvgIpc) is 2.82. The Bertz CT molecular complexity index is 252. The van der Waals surface area contributed by atoms with E-state index in [9.17, 15) is 4.79 Å². The molecule has 0 aromatic rings. The molecule has 0 radical (unpaired) electrons. The number of rotatable bonds is 5. The molecule has 1 unspecified atom stereocenters. The third-order valence-corrected chi connectivity index (χ3v) is 4.02. The molecule has 0 amide bonds. The van der Waals surface area contributed by atoms with Crippen molar-refractivity contribution in [1.29, 1.82) is 0 Å². The number of hydrogen-bond donors (Lipinski definition) is 1. The third kappa shape index (κ3) is 3.68. The highest BCUT2D eigenvalue weighted by atomic mass is 16.4. The Kier molecular flexibility index (Phi) is 4.80. The molecular formula is C13H24N2O2. The quantitative estimate of drug-likeness (QED) is 0.789. The molecule has 2 aliphatic rings. The van der Waals surface area contributed by atoms with E-state index in [4.69, 9.17) is 5.11 Å². The van der Waals surface area contributed by atoms with E-state index >= 15 is 0 Å². The standard InChI is InChI=1S/C13H24N2O2/c16-13(17)12-6-1-2-10-15(12)11-5-9-14-7-3-4-8-14/h12H,1-11H2,(H,16,17). The molecule has 0 saturated carbocycles. The Labute approximate surface area is 104 Å². The molecule has 4 heteroatoms. The number of carboxylic acid groups (broad SMARTS) is 1. The van der Waals surface area contributed by atoms with Crippen molar-refractivity contribution in [3.8, 4) is 0 Å². The van der Waals surface area contributed by atoms with Gasteiger partial charge >= 0.3 is 5.97 Å². The molecule has 0 spiro atoms. The molecule has 98 valence electrons. The van der Waals surface area contributed by atoms with E-state index < -0.39 is 5.97 Å². The minimum Gasteiger partial charge on any atom is -0.480 e. The first-order valence-electron chi connectivity index (χ1n) is 6.96. The van der Waals surface area contributed by atoms with Crippen LogP contribution in [0.3, 0.4) is 0 Å². The first kappa shape index (κ1) is 12.8. The molecule has 17 heavy (non-hydrogen) atoms. The van der Waals surface area contributed by atoms with Gasteiger partial charge in [0, 0.05) is 6.54 Å². The molecule has 1 N–H and O–H groups in total. The summed E-state index contributed by atoms with van der Waals surface area (Å²) in [6.07, 6.45) is 6.85. The number of nitrogens with zero attached hydrogens (tertiary/aromatic N) is 2. The molecule has 2 heterocycles. The topological polar surface area (TPSA) is 43.8 Å². The Morgan fingerprint density at radius 1 is 1.06 bits per heavy atom. The van der Waals surface area contributed by atoms with Gasteiger partial charge in [-0.05, 0) is 58.3 Å². The highest BCUT2D eigenvalue weighted by Gasteiger charge is 2.27. The van der Waals surface area contributed by atoms with Crippen LogP contribution in [0.25, 0.3) is 0 Å². The molecule has 2 saturated heterocycles. The lowest BCUT2D eigenvalue weighted by Gasteiger charge is -2.33. The summed E-state index contributed by atoms with van der Waals surface area (Å²) in [5.41, 5.74) is 0. The zero-order valence-corrected chi connectivity index (χ0v) is 10.6. The minimum absolute atomic E-state index is 0.220. The van der Waals surface area contributed by atoms with Crippen molar-refractivity contribution < 1.29 is 9.90 Å². The van der Waals surface area contributed by atoms with Crippen molar-refractivity contribution in [1.82, 2.24) is 9.80 Å². The van der Waals surface area contributed by atoms with Gasteiger partial charge in [0.05, 0.1) is 0 Å². The summed E-state index contributed by atoms with van der Waals surface area (Å²) in [7, 11) is 0. The fourth-order valence-corrected chi connectivity index (χ4v) is 3.04. The zero-order chi connectivity index (χ0) is 12.1. The number of piperidine rings is 1. The molecular weight excluding hydrogens is 216 g/mol. The maximum absolute atomic E-state index is 11.1. The van der Waals surface area contributed by atoms with E-state index in [1.807, 2.05) is 0 Å². The van der Waals surface area contributed by atoms with Crippen molar-refractivity contribution in [2.45, 2.75) is 44.6 Å². The minimum atomic E-state index is -0.633. The first-order valence-corrected chi connectivity index (χ1v) is 6.96. The molecule has 4 nitrogen and oxygen atoms in total. The highest BCUT2D eigenvalue weighted by molar-refractivity contribution is 5.73. The lowest BCUT2D eigenvalue weighted by Crippen LogP contribution is -2.45. The lowest BCUT2D eigenvalue weighted by atomic mass is 10.0. The Balaban J connectivity index is 1.70. The van der Waals surface area contributed by atoms with E-state index in [1.54, 1.807) is 0 Å². The van der Waals surface area contributed by atoms with Gasteiger partial charge in [-0.1, -0.05) is 6.42 Å². The summed E-state index contributed by atoms with van der Waals surface area (Å²) in [5, 5.41) is 9.17. The van der Waals surface area contributed by atoms with Gasteiger partial charge in [0.25, 0.3) is 0 Å². The van der Waals surface area contributed by atoms with E-state index in [0.717, 1.165) is 45.3 Å². The zero-order valence-electron chi connectivity index (χ0n) is 10.6. The number of carboxylic acids is 1. The van der Waals surface area contributed by atoms with Crippen molar-refractivity contribution in [2.75, 3.05) is 32.7 Å².